The van der Waals surface area contributed by atoms with E-state index in [4.69, 9.17) is 4.74 Å². The normalized spacial score (nSPS) is 17.2. The van der Waals surface area contributed by atoms with E-state index >= 15 is 0 Å². The smallest absolute Gasteiger partial charge is 0.250 e. The van der Waals surface area contributed by atoms with E-state index in [9.17, 15) is 4.79 Å². The predicted molar refractivity (Wildman–Crippen MR) is 59.1 cm³/mol. The summed E-state index contributed by atoms with van der Waals surface area (Å²) in [6, 6.07) is 0. The Morgan fingerprint density at radius 3 is 3.06 bits per heavy atom. The summed E-state index contributed by atoms with van der Waals surface area (Å²) in [6.07, 6.45) is 5.33. The Kier molecular flexibility index (Phi) is 3.90. The summed E-state index contributed by atoms with van der Waals surface area (Å²) in [5, 5.41) is 12.3. The van der Waals surface area contributed by atoms with Gasteiger partial charge in [0.1, 0.15) is 6.61 Å². The van der Waals surface area contributed by atoms with Gasteiger partial charge >= 0.3 is 0 Å². The molecule has 1 amide bonds. The SMILES string of the molecule is O=C(COC1CCNCC1)Nc1cn[nH]c1. The van der Waals surface area contributed by atoms with Gasteiger partial charge in [0, 0.05) is 6.20 Å². The van der Waals surface area contributed by atoms with Gasteiger partial charge in [-0.25, -0.2) is 0 Å². The van der Waals surface area contributed by atoms with E-state index in [1.54, 1.807) is 12.4 Å². The van der Waals surface area contributed by atoms with E-state index in [1.165, 1.54) is 0 Å². The Bertz CT molecular complexity index is 320. The maximum atomic E-state index is 11.5. The number of rotatable bonds is 4. The highest BCUT2D eigenvalue weighted by Gasteiger charge is 2.14. The second-order valence-electron chi connectivity index (χ2n) is 3.80. The number of aromatic amines is 1. The van der Waals surface area contributed by atoms with Gasteiger partial charge in [-0.05, 0) is 25.9 Å². The van der Waals surface area contributed by atoms with Crippen LogP contribution in [-0.2, 0) is 9.53 Å². The van der Waals surface area contributed by atoms with Crippen LogP contribution in [0.3, 0.4) is 0 Å². The highest BCUT2D eigenvalue weighted by atomic mass is 16.5. The summed E-state index contributed by atoms with van der Waals surface area (Å²) >= 11 is 0. The molecule has 0 unspecified atom stereocenters. The summed E-state index contributed by atoms with van der Waals surface area (Å²) < 4.78 is 5.51. The topological polar surface area (TPSA) is 79.0 Å². The number of piperidine rings is 1. The van der Waals surface area contributed by atoms with Crippen molar-refractivity contribution in [2.24, 2.45) is 0 Å². The van der Waals surface area contributed by atoms with Crippen molar-refractivity contribution < 1.29 is 9.53 Å². The van der Waals surface area contributed by atoms with Crippen LogP contribution in [-0.4, -0.2) is 41.9 Å². The first-order valence-corrected chi connectivity index (χ1v) is 5.45. The van der Waals surface area contributed by atoms with Crippen molar-refractivity contribution in [2.45, 2.75) is 18.9 Å². The monoisotopic (exact) mass is 224 g/mol. The zero-order chi connectivity index (χ0) is 11.2. The average Bonchev–Trinajstić information content (AvgIpc) is 2.81. The molecule has 88 valence electrons. The van der Waals surface area contributed by atoms with Crippen LogP contribution in [0.1, 0.15) is 12.8 Å². The van der Waals surface area contributed by atoms with Crippen LogP contribution in [0.2, 0.25) is 0 Å². The van der Waals surface area contributed by atoms with Gasteiger partial charge in [-0.1, -0.05) is 0 Å². The molecule has 0 atom stereocenters. The molecule has 0 bridgehead atoms. The lowest BCUT2D eigenvalue weighted by Crippen LogP contribution is -2.34. The molecule has 1 fully saturated rings. The van der Waals surface area contributed by atoms with Crippen LogP contribution in [0, 0.1) is 0 Å². The highest BCUT2D eigenvalue weighted by molar-refractivity contribution is 5.91. The molecule has 1 aliphatic heterocycles. The maximum absolute atomic E-state index is 11.5. The van der Waals surface area contributed by atoms with E-state index in [0.29, 0.717) is 5.69 Å². The number of anilines is 1. The second-order valence-corrected chi connectivity index (χ2v) is 3.80. The third kappa shape index (κ3) is 3.32. The van der Waals surface area contributed by atoms with Crippen molar-refractivity contribution in [3.05, 3.63) is 12.4 Å². The molecule has 3 N–H and O–H groups in total. The lowest BCUT2D eigenvalue weighted by molar-refractivity contribution is -0.123. The number of nitrogens with one attached hydrogen (secondary N) is 3. The molecule has 6 heteroatoms. The van der Waals surface area contributed by atoms with Gasteiger partial charge in [-0.2, -0.15) is 5.10 Å². The van der Waals surface area contributed by atoms with E-state index in [0.717, 1.165) is 25.9 Å². The van der Waals surface area contributed by atoms with E-state index in [1.807, 2.05) is 0 Å². The van der Waals surface area contributed by atoms with Crippen LogP contribution in [0.25, 0.3) is 0 Å². The molecule has 1 aromatic heterocycles. The largest absolute Gasteiger partial charge is 0.368 e. The number of ether oxygens (including phenoxy) is 1. The minimum absolute atomic E-state index is 0.107. The lowest BCUT2D eigenvalue weighted by Gasteiger charge is -2.22. The fraction of sp³-hybridized carbons (Fsp3) is 0.600. The minimum atomic E-state index is -0.139. The first-order valence-electron chi connectivity index (χ1n) is 5.45. The Labute approximate surface area is 93.8 Å². The van der Waals surface area contributed by atoms with Gasteiger partial charge in [0.05, 0.1) is 18.0 Å². The number of aromatic nitrogens is 2. The summed E-state index contributed by atoms with van der Waals surface area (Å²) in [7, 11) is 0. The Morgan fingerprint density at radius 1 is 1.56 bits per heavy atom. The number of nitrogens with zero attached hydrogens (tertiary/aromatic N) is 1. The highest BCUT2D eigenvalue weighted by Crippen LogP contribution is 2.07. The van der Waals surface area contributed by atoms with E-state index in [-0.39, 0.29) is 18.6 Å². The third-order valence-corrected chi connectivity index (χ3v) is 2.52. The van der Waals surface area contributed by atoms with Gasteiger partial charge in [-0.3, -0.25) is 9.89 Å². The van der Waals surface area contributed by atoms with Gasteiger partial charge in [0.25, 0.3) is 0 Å². The first-order chi connectivity index (χ1) is 7.84. The number of carbonyl (C=O) groups is 1. The van der Waals surface area contributed by atoms with Gasteiger partial charge in [0.2, 0.25) is 5.91 Å². The number of carbonyl (C=O) groups excluding carboxylic acids is 1. The lowest BCUT2D eigenvalue weighted by atomic mass is 10.1. The van der Waals surface area contributed by atoms with Crippen molar-refractivity contribution in [1.29, 1.82) is 0 Å². The first kappa shape index (κ1) is 11.1. The average molecular weight is 224 g/mol. The molecule has 1 aliphatic rings. The third-order valence-electron chi connectivity index (χ3n) is 2.52. The van der Waals surface area contributed by atoms with Crippen molar-refractivity contribution in [1.82, 2.24) is 15.5 Å². The summed E-state index contributed by atoms with van der Waals surface area (Å²) in [4.78, 5) is 11.5. The molecule has 0 radical (unpaired) electrons. The van der Waals surface area contributed by atoms with Crippen LogP contribution in [0.15, 0.2) is 12.4 Å². The molecular formula is C10H16N4O2. The summed E-state index contributed by atoms with van der Waals surface area (Å²) in [6.45, 7) is 2.04. The second kappa shape index (κ2) is 5.62. The maximum Gasteiger partial charge on any atom is 0.250 e. The summed E-state index contributed by atoms with van der Waals surface area (Å²) in [5.41, 5.74) is 0.666. The number of amides is 1. The van der Waals surface area contributed by atoms with Crippen LogP contribution < -0.4 is 10.6 Å². The van der Waals surface area contributed by atoms with Gasteiger partial charge in [0.15, 0.2) is 0 Å². The Hall–Kier alpha value is -1.40. The van der Waals surface area contributed by atoms with Crippen LogP contribution in [0.4, 0.5) is 5.69 Å². The Morgan fingerprint density at radius 2 is 2.38 bits per heavy atom. The van der Waals surface area contributed by atoms with Crippen LogP contribution in [0.5, 0.6) is 0 Å². The van der Waals surface area contributed by atoms with Crippen molar-refractivity contribution >= 4 is 11.6 Å². The molecule has 0 aromatic carbocycles. The zero-order valence-electron chi connectivity index (χ0n) is 9.03. The molecule has 0 spiro atoms. The van der Waals surface area contributed by atoms with Crippen molar-refractivity contribution in [2.75, 3.05) is 25.0 Å². The Balaban J connectivity index is 1.67. The molecule has 1 saturated heterocycles. The quantitative estimate of drug-likeness (QED) is 0.678. The molecule has 0 saturated carbocycles. The van der Waals surface area contributed by atoms with Crippen molar-refractivity contribution in [3.8, 4) is 0 Å². The molecule has 16 heavy (non-hydrogen) atoms. The number of hydrogen-bond donors (Lipinski definition) is 3. The fourth-order valence-corrected chi connectivity index (χ4v) is 1.67. The molecular weight excluding hydrogens is 208 g/mol. The van der Waals surface area contributed by atoms with Crippen LogP contribution >= 0.6 is 0 Å². The standard InChI is InChI=1S/C10H16N4O2/c15-10(14-8-5-12-13-6-8)7-16-9-1-3-11-4-2-9/h5-6,9,11H,1-4,7H2,(H,12,13)(H,14,15). The predicted octanol–water partition coefficient (Wildman–Crippen LogP) is 0.117. The van der Waals surface area contributed by atoms with Crippen molar-refractivity contribution in [3.63, 3.8) is 0 Å². The molecule has 6 nitrogen and oxygen atoms in total. The number of hydrogen-bond acceptors (Lipinski definition) is 4. The molecule has 2 rings (SSSR count). The van der Waals surface area contributed by atoms with Gasteiger partial charge in [-0.15, -0.1) is 0 Å². The minimum Gasteiger partial charge on any atom is -0.368 e. The van der Waals surface area contributed by atoms with E-state index in [2.05, 4.69) is 20.8 Å². The van der Waals surface area contributed by atoms with Gasteiger partial charge < -0.3 is 15.4 Å². The molecule has 0 aliphatic carbocycles. The number of H-pyrrole nitrogens is 1. The fourth-order valence-electron chi connectivity index (χ4n) is 1.67. The van der Waals surface area contributed by atoms with E-state index < -0.39 is 0 Å². The molecule has 2 heterocycles. The molecule has 1 aromatic rings. The zero-order valence-corrected chi connectivity index (χ0v) is 9.03. The summed E-state index contributed by atoms with van der Waals surface area (Å²) in [5.74, 6) is -0.139.